The van der Waals surface area contributed by atoms with Crippen molar-refractivity contribution < 1.29 is 35.8 Å². The Labute approximate surface area is 160 Å². The van der Waals surface area contributed by atoms with Crippen LogP contribution >= 0.6 is 0 Å². The van der Waals surface area contributed by atoms with Crippen LogP contribution in [0.2, 0.25) is 0 Å². The minimum absolute atomic E-state index is 0.000155. The molecule has 0 bridgehead atoms. The van der Waals surface area contributed by atoms with Crippen molar-refractivity contribution in [3.63, 3.8) is 0 Å². The largest absolute Gasteiger partial charge is 0.573 e. The molecule has 1 aliphatic carbocycles. The second-order valence-corrected chi connectivity index (χ2v) is 7.20. The van der Waals surface area contributed by atoms with Crippen LogP contribution in [-0.4, -0.2) is 12.5 Å². The molecule has 8 heteroatoms. The van der Waals surface area contributed by atoms with E-state index in [9.17, 15) is 26.3 Å². The minimum Gasteiger partial charge on any atom is -0.403 e. The van der Waals surface area contributed by atoms with E-state index in [2.05, 4.69) is 16.1 Å². The molecule has 1 fully saturated rings. The number of hydrogen-bond donors (Lipinski definition) is 0. The second-order valence-electron chi connectivity index (χ2n) is 7.20. The van der Waals surface area contributed by atoms with Gasteiger partial charge < -0.3 is 9.47 Å². The smallest absolute Gasteiger partial charge is 0.403 e. The number of halogens is 6. The first-order valence-corrected chi connectivity index (χ1v) is 9.25. The molecule has 0 spiro atoms. The van der Waals surface area contributed by atoms with Gasteiger partial charge >= 0.3 is 12.5 Å². The predicted molar refractivity (Wildman–Crippen MR) is 92.3 cm³/mol. The molecule has 0 aromatic heterocycles. The lowest BCUT2D eigenvalue weighted by Crippen LogP contribution is -2.27. The molecule has 0 aliphatic heterocycles. The molecule has 0 radical (unpaired) electrons. The quantitative estimate of drug-likeness (QED) is 0.322. The zero-order valence-corrected chi connectivity index (χ0v) is 15.4. The van der Waals surface area contributed by atoms with Crippen molar-refractivity contribution in [1.29, 1.82) is 0 Å². The van der Waals surface area contributed by atoms with Crippen LogP contribution in [0.25, 0.3) is 0 Å². The molecule has 0 atom stereocenters. The molecule has 158 valence electrons. The maximum absolute atomic E-state index is 14.1. The molecule has 0 unspecified atom stereocenters. The molecule has 1 aromatic carbocycles. The fraction of sp³-hybridized carbons (Fsp3) is 0.600. The van der Waals surface area contributed by atoms with Gasteiger partial charge in [-0.05, 0) is 55.2 Å². The van der Waals surface area contributed by atoms with Gasteiger partial charge in [0.25, 0.3) is 0 Å². The molecule has 0 heterocycles. The first-order chi connectivity index (χ1) is 13.1. The molecule has 1 aromatic rings. The number of alkyl halides is 5. The van der Waals surface area contributed by atoms with E-state index in [1.165, 1.54) is 0 Å². The SMILES string of the molecule is C=CCCC1CCC(CC(F)(F)OCc2ccc(OC(F)(F)F)c(F)c2)CC1. The maximum Gasteiger partial charge on any atom is 0.573 e. The molecule has 0 amide bonds. The molecule has 28 heavy (non-hydrogen) atoms. The number of hydrogen-bond acceptors (Lipinski definition) is 2. The molecular weight excluding hydrogens is 386 g/mol. The molecule has 1 aliphatic rings. The first-order valence-electron chi connectivity index (χ1n) is 9.25. The highest BCUT2D eigenvalue weighted by atomic mass is 19.4. The number of rotatable bonds is 9. The van der Waals surface area contributed by atoms with Crippen molar-refractivity contribution in [2.24, 2.45) is 11.8 Å². The van der Waals surface area contributed by atoms with E-state index in [0.29, 0.717) is 24.8 Å². The van der Waals surface area contributed by atoms with Crippen LogP contribution in [0.1, 0.15) is 50.5 Å². The average Bonchev–Trinajstić information content (AvgIpc) is 2.60. The van der Waals surface area contributed by atoms with Crippen molar-refractivity contribution in [2.45, 2.75) is 64.0 Å². The highest BCUT2D eigenvalue weighted by Crippen LogP contribution is 2.38. The van der Waals surface area contributed by atoms with Gasteiger partial charge in [0, 0.05) is 6.42 Å². The third-order valence-electron chi connectivity index (χ3n) is 4.94. The number of allylic oxidation sites excluding steroid dienone is 1. The highest BCUT2D eigenvalue weighted by Gasteiger charge is 2.36. The summed E-state index contributed by atoms with van der Waals surface area (Å²) < 4.78 is 86.3. The van der Waals surface area contributed by atoms with Crippen molar-refractivity contribution in [3.8, 4) is 5.75 Å². The summed E-state index contributed by atoms with van der Waals surface area (Å²) in [5.41, 5.74) is -0.000155. The normalized spacial score (nSPS) is 20.8. The van der Waals surface area contributed by atoms with Gasteiger partial charge in [-0.2, -0.15) is 8.78 Å². The Bertz CT molecular complexity index is 636. The lowest BCUT2D eigenvalue weighted by Gasteiger charge is -2.30. The van der Waals surface area contributed by atoms with Crippen molar-refractivity contribution in [1.82, 2.24) is 0 Å². The maximum atomic E-state index is 14.1. The Morgan fingerprint density at radius 3 is 2.25 bits per heavy atom. The van der Waals surface area contributed by atoms with E-state index in [4.69, 9.17) is 0 Å². The van der Waals surface area contributed by atoms with E-state index in [0.717, 1.165) is 37.8 Å². The van der Waals surface area contributed by atoms with E-state index in [1.54, 1.807) is 0 Å². The van der Waals surface area contributed by atoms with E-state index in [-0.39, 0.29) is 11.5 Å². The molecular formula is C20H24F6O2. The topological polar surface area (TPSA) is 18.5 Å². The average molecular weight is 410 g/mol. The molecule has 1 saturated carbocycles. The number of ether oxygens (including phenoxy) is 2. The Balaban J connectivity index is 1.81. The summed E-state index contributed by atoms with van der Waals surface area (Å²) in [7, 11) is 0. The van der Waals surface area contributed by atoms with E-state index in [1.807, 2.05) is 6.08 Å². The summed E-state index contributed by atoms with van der Waals surface area (Å²) in [5, 5.41) is 0. The molecule has 2 rings (SSSR count). The van der Waals surface area contributed by atoms with Crippen molar-refractivity contribution in [2.75, 3.05) is 0 Å². The summed E-state index contributed by atoms with van der Waals surface area (Å²) in [5.74, 6) is -1.91. The Hall–Kier alpha value is -1.70. The third kappa shape index (κ3) is 7.73. The highest BCUT2D eigenvalue weighted by molar-refractivity contribution is 5.29. The van der Waals surface area contributed by atoms with Crippen LogP contribution in [0.15, 0.2) is 30.9 Å². The van der Waals surface area contributed by atoms with Gasteiger partial charge in [-0.15, -0.1) is 19.8 Å². The lowest BCUT2D eigenvalue weighted by molar-refractivity contribution is -0.275. The van der Waals surface area contributed by atoms with Crippen LogP contribution in [-0.2, 0) is 11.3 Å². The van der Waals surface area contributed by atoms with E-state index >= 15 is 0 Å². The fourth-order valence-corrected chi connectivity index (χ4v) is 3.50. The summed E-state index contributed by atoms with van der Waals surface area (Å²) in [6.07, 6.45) is -1.79. The molecule has 2 nitrogen and oxygen atoms in total. The van der Waals surface area contributed by atoms with Gasteiger partial charge in [0.1, 0.15) is 0 Å². The summed E-state index contributed by atoms with van der Waals surface area (Å²) in [6.45, 7) is 3.08. The molecule has 0 saturated heterocycles. The minimum atomic E-state index is -5.03. The summed E-state index contributed by atoms with van der Waals surface area (Å²) in [4.78, 5) is 0. The van der Waals surface area contributed by atoms with Crippen LogP contribution in [0, 0.1) is 17.7 Å². The van der Waals surface area contributed by atoms with Crippen LogP contribution in [0.4, 0.5) is 26.3 Å². The zero-order valence-electron chi connectivity index (χ0n) is 15.4. The Kier molecular flexibility index (Phi) is 7.80. The Morgan fingerprint density at radius 1 is 1.04 bits per heavy atom. The number of benzene rings is 1. The van der Waals surface area contributed by atoms with Gasteiger partial charge in [0.15, 0.2) is 11.6 Å². The predicted octanol–water partition coefficient (Wildman–Crippen LogP) is 7.00. The van der Waals surface area contributed by atoms with Crippen LogP contribution in [0.5, 0.6) is 5.75 Å². The lowest BCUT2D eigenvalue weighted by atomic mass is 9.78. The first kappa shape index (κ1) is 22.6. The third-order valence-corrected chi connectivity index (χ3v) is 4.94. The van der Waals surface area contributed by atoms with Crippen LogP contribution in [0.3, 0.4) is 0 Å². The molecule has 0 N–H and O–H groups in total. The van der Waals surface area contributed by atoms with Crippen molar-refractivity contribution in [3.05, 3.63) is 42.2 Å². The van der Waals surface area contributed by atoms with Gasteiger partial charge in [-0.3, -0.25) is 0 Å². The fourth-order valence-electron chi connectivity index (χ4n) is 3.50. The van der Waals surface area contributed by atoms with Gasteiger partial charge in [-0.1, -0.05) is 25.0 Å². The zero-order chi connectivity index (χ0) is 20.8. The summed E-state index contributed by atoms with van der Waals surface area (Å²) in [6, 6.07) is 2.50. The standard InChI is InChI=1S/C20H24F6O2/c1-2-3-4-14-5-7-15(8-6-14)12-19(22,23)27-13-16-9-10-18(17(21)11-16)28-20(24,25)26/h2,9-11,14-15H,1,3-8,12-13H2. The van der Waals surface area contributed by atoms with Crippen LogP contribution < -0.4 is 4.74 Å². The summed E-state index contributed by atoms with van der Waals surface area (Å²) >= 11 is 0. The van der Waals surface area contributed by atoms with E-state index < -0.39 is 37.1 Å². The van der Waals surface area contributed by atoms with Gasteiger partial charge in [-0.25, -0.2) is 4.39 Å². The monoisotopic (exact) mass is 410 g/mol. The second kappa shape index (κ2) is 9.67. The Morgan fingerprint density at radius 2 is 1.68 bits per heavy atom. The van der Waals surface area contributed by atoms with Gasteiger partial charge in [0.2, 0.25) is 0 Å². The van der Waals surface area contributed by atoms with Gasteiger partial charge in [0.05, 0.1) is 6.61 Å². The van der Waals surface area contributed by atoms with Crippen molar-refractivity contribution >= 4 is 0 Å².